The van der Waals surface area contributed by atoms with Gasteiger partial charge in [-0.25, -0.2) is 9.50 Å². The molecule has 25 heavy (non-hydrogen) atoms. The van der Waals surface area contributed by atoms with Crippen LogP contribution >= 0.6 is 23.4 Å². The zero-order valence-electron chi connectivity index (χ0n) is 14.2. The summed E-state index contributed by atoms with van der Waals surface area (Å²) in [4.78, 5) is 21.2. The number of nitrogens with one attached hydrogen (secondary N) is 1. The lowest BCUT2D eigenvalue weighted by Gasteiger charge is -2.11. The highest BCUT2D eigenvalue weighted by atomic mass is 35.5. The molecule has 0 spiro atoms. The fraction of sp³-hybridized carbons (Fsp3) is 0.294. The van der Waals surface area contributed by atoms with Gasteiger partial charge in [0, 0.05) is 28.5 Å². The molecule has 8 heteroatoms. The van der Waals surface area contributed by atoms with Crippen LogP contribution < -0.4 is 5.32 Å². The van der Waals surface area contributed by atoms with Gasteiger partial charge in [-0.05, 0) is 37.8 Å². The van der Waals surface area contributed by atoms with E-state index in [0.717, 1.165) is 22.5 Å². The summed E-state index contributed by atoms with van der Waals surface area (Å²) in [6.45, 7) is 4.26. The quantitative estimate of drug-likeness (QED) is 0.694. The second-order valence-corrected chi connectivity index (χ2v) is 6.86. The molecule has 0 radical (unpaired) electrons. The summed E-state index contributed by atoms with van der Waals surface area (Å²) >= 11 is 7.43. The van der Waals surface area contributed by atoms with Crippen molar-refractivity contribution in [1.29, 1.82) is 0 Å². The van der Waals surface area contributed by atoms with Crippen LogP contribution in [0, 0.1) is 13.8 Å². The summed E-state index contributed by atoms with van der Waals surface area (Å²) in [6.07, 6.45) is 2.16. The van der Waals surface area contributed by atoms with Gasteiger partial charge in [0.15, 0.2) is 0 Å². The lowest BCUT2D eigenvalue weighted by Crippen LogP contribution is -2.25. The molecule has 3 aromatic rings. The van der Waals surface area contributed by atoms with Crippen LogP contribution in [-0.2, 0) is 17.8 Å². The van der Waals surface area contributed by atoms with E-state index in [-0.39, 0.29) is 12.3 Å². The maximum atomic E-state index is 12.4. The standard InChI is InChI=1S/C17H18ClN5OS/c1-10-14(11(2)23-16(20-10)21-17(22-23)25-3)8-15(24)19-9-12-5-4-6-13(18)7-12/h4-7H,8-9H2,1-3H3,(H,19,24). The van der Waals surface area contributed by atoms with Crippen LogP contribution in [0.5, 0.6) is 0 Å². The number of carbonyl (C=O) groups is 1. The van der Waals surface area contributed by atoms with Crippen molar-refractivity contribution in [3.8, 4) is 0 Å². The SMILES string of the molecule is CSc1nc2nc(C)c(CC(=O)NCc3cccc(Cl)c3)c(C)n2n1. The Balaban J connectivity index is 1.76. The van der Waals surface area contributed by atoms with Gasteiger partial charge in [-0.2, -0.15) is 4.98 Å². The minimum atomic E-state index is -0.0717. The Labute approximate surface area is 155 Å². The molecule has 0 bridgehead atoms. The monoisotopic (exact) mass is 375 g/mol. The minimum Gasteiger partial charge on any atom is -0.352 e. The molecule has 1 aromatic carbocycles. The molecule has 0 atom stereocenters. The molecular formula is C17H18ClN5OS. The molecule has 0 aliphatic rings. The maximum absolute atomic E-state index is 12.4. The number of aryl methyl sites for hydroxylation is 2. The topological polar surface area (TPSA) is 72.2 Å². The summed E-state index contributed by atoms with van der Waals surface area (Å²) in [5.74, 6) is 0.486. The number of rotatable bonds is 5. The number of nitrogens with zero attached hydrogens (tertiary/aromatic N) is 4. The molecule has 1 amide bonds. The van der Waals surface area contributed by atoms with Crippen LogP contribution in [0.15, 0.2) is 29.4 Å². The van der Waals surface area contributed by atoms with Gasteiger partial charge in [0.05, 0.1) is 6.42 Å². The third-order valence-electron chi connectivity index (χ3n) is 3.93. The Morgan fingerprint density at radius 1 is 1.32 bits per heavy atom. The summed E-state index contributed by atoms with van der Waals surface area (Å²) in [6, 6.07) is 7.44. The number of aromatic nitrogens is 4. The molecule has 0 unspecified atom stereocenters. The van der Waals surface area contributed by atoms with Crippen molar-refractivity contribution >= 4 is 35.0 Å². The Morgan fingerprint density at radius 2 is 2.12 bits per heavy atom. The van der Waals surface area contributed by atoms with Gasteiger partial charge in [-0.15, -0.1) is 5.10 Å². The first-order valence-corrected chi connectivity index (χ1v) is 9.36. The van der Waals surface area contributed by atoms with E-state index in [9.17, 15) is 4.79 Å². The van der Waals surface area contributed by atoms with E-state index in [0.29, 0.717) is 22.5 Å². The van der Waals surface area contributed by atoms with Crippen LogP contribution in [0.1, 0.15) is 22.5 Å². The highest BCUT2D eigenvalue weighted by molar-refractivity contribution is 7.98. The summed E-state index contributed by atoms with van der Waals surface area (Å²) in [7, 11) is 0. The van der Waals surface area contributed by atoms with E-state index in [4.69, 9.17) is 11.6 Å². The number of fused-ring (bicyclic) bond motifs is 1. The smallest absolute Gasteiger partial charge is 0.253 e. The first-order valence-electron chi connectivity index (χ1n) is 7.76. The van der Waals surface area contributed by atoms with Gasteiger partial charge in [0.25, 0.3) is 5.78 Å². The van der Waals surface area contributed by atoms with Gasteiger partial charge in [0.1, 0.15) is 0 Å². The van der Waals surface area contributed by atoms with Crippen LogP contribution in [0.2, 0.25) is 5.02 Å². The van der Waals surface area contributed by atoms with E-state index in [1.54, 1.807) is 10.6 Å². The Morgan fingerprint density at radius 3 is 2.84 bits per heavy atom. The van der Waals surface area contributed by atoms with Gasteiger partial charge >= 0.3 is 0 Å². The molecule has 0 fully saturated rings. The fourth-order valence-corrected chi connectivity index (χ4v) is 3.15. The molecule has 0 saturated carbocycles. The van der Waals surface area contributed by atoms with Crippen molar-refractivity contribution in [2.24, 2.45) is 0 Å². The second-order valence-electron chi connectivity index (χ2n) is 5.65. The third-order valence-corrected chi connectivity index (χ3v) is 4.70. The first kappa shape index (κ1) is 17.7. The predicted octanol–water partition coefficient (Wildman–Crippen LogP) is 2.98. The van der Waals surface area contributed by atoms with E-state index >= 15 is 0 Å². The number of halogens is 1. The van der Waals surface area contributed by atoms with Gasteiger partial charge in [-0.3, -0.25) is 4.79 Å². The van der Waals surface area contributed by atoms with Crippen molar-refractivity contribution in [1.82, 2.24) is 24.9 Å². The molecule has 0 saturated heterocycles. The average molecular weight is 376 g/mol. The Bertz CT molecular complexity index is 940. The molecule has 3 rings (SSSR count). The van der Waals surface area contributed by atoms with E-state index < -0.39 is 0 Å². The number of thioether (sulfide) groups is 1. The molecule has 2 aromatic heterocycles. The number of hydrogen-bond acceptors (Lipinski definition) is 5. The first-order chi connectivity index (χ1) is 12.0. The molecule has 130 valence electrons. The van der Waals surface area contributed by atoms with E-state index in [1.165, 1.54) is 11.8 Å². The Hall–Kier alpha value is -2.12. The molecule has 0 aliphatic heterocycles. The van der Waals surface area contributed by atoms with Gasteiger partial charge < -0.3 is 5.32 Å². The maximum Gasteiger partial charge on any atom is 0.253 e. The zero-order valence-corrected chi connectivity index (χ0v) is 15.8. The molecular weight excluding hydrogens is 358 g/mol. The van der Waals surface area contributed by atoms with E-state index in [1.807, 2.05) is 38.3 Å². The van der Waals surface area contributed by atoms with Gasteiger partial charge in [-0.1, -0.05) is 35.5 Å². The van der Waals surface area contributed by atoms with Crippen molar-refractivity contribution in [2.75, 3.05) is 6.26 Å². The van der Waals surface area contributed by atoms with Crippen LogP contribution in [-0.4, -0.2) is 31.7 Å². The second kappa shape index (κ2) is 7.41. The number of amides is 1. The normalized spacial score (nSPS) is 11.0. The van der Waals surface area contributed by atoms with Crippen LogP contribution in [0.25, 0.3) is 5.78 Å². The number of hydrogen-bond donors (Lipinski definition) is 1. The zero-order chi connectivity index (χ0) is 18.0. The average Bonchev–Trinajstić information content (AvgIpc) is 3.00. The van der Waals surface area contributed by atoms with Crippen molar-refractivity contribution in [2.45, 2.75) is 32.0 Å². The van der Waals surface area contributed by atoms with Crippen LogP contribution in [0.4, 0.5) is 0 Å². The number of benzene rings is 1. The summed E-state index contributed by atoms with van der Waals surface area (Å²) < 4.78 is 1.69. The minimum absolute atomic E-state index is 0.0717. The highest BCUT2D eigenvalue weighted by Crippen LogP contribution is 2.17. The third kappa shape index (κ3) is 3.93. The lowest BCUT2D eigenvalue weighted by molar-refractivity contribution is -0.120. The fourth-order valence-electron chi connectivity index (χ4n) is 2.60. The number of carbonyl (C=O) groups excluding carboxylic acids is 1. The molecule has 2 heterocycles. The van der Waals surface area contributed by atoms with Gasteiger partial charge in [0.2, 0.25) is 11.1 Å². The summed E-state index contributed by atoms with van der Waals surface area (Å²) in [5, 5.41) is 8.64. The Kier molecular flexibility index (Phi) is 5.24. The predicted molar refractivity (Wildman–Crippen MR) is 99.0 cm³/mol. The van der Waals surface area contributed by atoms with Crippen LogP contribution in [0.3, 0.4) is 0 Å². The van der Waals surface area contributed by atoms with Crippen molar-refractivity contribution in [3.05, 3.63) is 51.8 Å². The largest absolute Gasteiger partial charge is 0.352 e. The van der Waals surface area contributed by atoms with E-state index in [2.05, 4.69) is 20.4 Å². The molecule has 6 nitrogen and oxygen atoms in total. The lowest BCUT2D eigenvalue weighted by atomic mass is 10.1. The molecule has 1 N–H and O–H groups in total. The van der Waals surface area contributed by atoms with Crippen molar-refractivity contribution in [3.63, 3.8) is 0 Å². The summed E-state index contributed by atoms with van der Waals surface area (Å²) in [5.41, 5.74) is 3.51. The molecule has 0 aliphatic carbocycles. The highest BCUT2D eigenvalue weighted by Gasteiger charge is 2.15. The van der Waals surface area contributed by atoms with Crippen molar-refractivity contribution < 1.29 is 4.79 Å².